The maximum atomic E-state index is 12.8. The van der Waals surface area contributed by atoms with Crippen molar-refractivity contribution in [1.82, 2.24) is 4.90 Å². The zero-order valence-corrected chi connectivity index (χ0v) is 16.8. The van der Waals surface area contributed by atoms with Gasteiger partial charge in [0.1, 0.15) is 4.90 Å². The Labute approximate surface area is 164 Å². The third-order valence-electron chi connectivity index (χ3n) is 4.97. The fourth-order valence-electron chi connectivity index (χ4n) is 3.27. The predicted molar refractivity (Wildman–Crippen MR) is 107 cm³/mol. The van der Waals surface area contributed by atoms with Gasteiger partial charge >= 0.3 is 0 Å². The maximum Gasteiger partial charge on any atom is 0.254 e. The molecule has 1 fully saturated rings. The molecule has 1 aliphatic rings. The third kappa shape index (κ3) is 4.10. The molecular formula is C19H22ClN3O3S. The molecule has 2 N–H and O–H groups in total. The van der Waals surface area contributed by atoms with Gasteiger partial charge in [-0.1, -0.05) is 23.7 Å². The van der Waals surface area contributed by atoms with Crippen molar-refractivity contribution in [2.24, 2.45) is 5.14 Å². The van der Waals surface area contributed by atoms with Crippen molar-refractivity contribution in [3.8, 4) is 0 Å². The van der Waals surface area contributed by atoms with Gasteiger partial charge in [-0.25, -0.2) is 13.6 Å². The first-order valence-electron chi connectivity index (χ1n) is 8.61. The molecule has 0 atom stereocenters. The van der Waals surface area contributed by atoms with Gasteiger partial charge in [0.25, 0.3) is 5.91 Å². The number of primary sulfonamides is 1. The summed E-state index contributed by atoms with van der Waals surface area (Å²) in [4.78, 5) is 16.5. The number of benzene rings is 2. The number of aryl methyl sites for hydroxylation is 1. The van der Waals surface area contributed by atoms with Crippen LogP contribution in [0, 0.1) is 13.8 Å². The summed E-state index contributed by atoms with van der Waals surface area (Å²) in [6.45, 7) is 6.73. The van der Waals surface area contributed by atoms with Gasteiger partial charge in [0.15, 0.2) is 0 Å². The van der Waals surface area contributed by atoms with Gasteiger partial charge in [0.2, 0.25) is 10.0 Å². The normalized spacial score (nSPS) is 15.1. The fraction of sp³-hybridized carbons (Fsp3) is 0.316. The van der Waals surface area contributed by atoms with E-state index >= 15 is 0 Å². The fourth-order valence-corrected chi connectivity index (χ4v) is 4.34. The number of carbonyl (C=O) groups excluding carboxylic acids is 1. The first-order valence-corrected chi connectivity index (χ1v) is 10.5. The number of nitrogens with zero attached hydrogens (tertiary/aromatic N) is 2. The molecule has 0 aliphatic carbocycles. The molecule has 3 rings (SSSR count). The number of anilines is 1. The van der Waals surface area contributed by atoms with Crippen LogP contribution >= 0.6 is 11.6 Å². The highest BCUT2D eigenvalue weighted by molar-refractivity contribution is 7.89. The van der Waals surface area contributed by atoms with Crippen LogP contribution in [0.25, 0.3) is 0 Å². The van der Waals surface area contributed by atoms with E-state index in [1.807, 2.05) is 6.07 Å². The van der Waals surface area contributed by atoms with Gasteiger partial charge in [0.05, 0.1) is 5.02 Å². The second-order valence-electron chi connectivity index (χ2n) is 6.69. The zero-order valence-electron chi connectivity index (χ0n) is 15.3. The quantitative estimate of drug-likeness (QED) is 0.847. The highest BCUT2D eigenvalue weighted by Crippen LogP contribution is 2.25. The molecule has 2 aromatic rings. The van der Waals surface area contributed by atoms with Gasteiger partial charge in [-0.3, -0.25) is 4.79 Å². The maximum absolute atomic E-state index is 12.8. The van der Waals surface area contributed by atoms with Gasteiger partial charge in [-0.2, -0.15) is 0 Å². The second-order valence-corrected chi connectivity index (χ2v) is 8.63. The van der Waals surface area contributed by atoms with Crippen molar-refractivity contribution in [2.75, 3.05) is 31.1 Å². The average Bonchev–Trinajstić information content (AvgIpc) is 2.63. The number of nitrogens with two attached hydrogens (primary N) is 1. The van der Waals surface area contributed by atoms with E-state index in [4.69, 9.17) is 16.7 Å². The number of hydrogen-bond acceptors (Lipinski definition) is 4. The summed E-state index contributed by atoms with van der Waals surface area (Å²) in [6.07, 6.45) is 0. The smallest absolute Gasteiger partial charge is 0.254 e. The molecule has 0 spiro atoms. The van der Waals surface area contributed by atoms with E-state index in [0.717, 1.165) is 0 Å². The minimum Gasteiger partial charge on any atom is -0.368 e. The summed E-state index contributed by atoms with van der Waals surface area (Å²) in [6, 6.07) is 10.4. The van der Waals surface area contributed by atoms with Crippen molar-refractivity contribution in [2.45, 2.75) is 18.7 Å². The highest BCUT2D eigenvalue weighted by Gasteiger charge is 2.24. The van der Waals surface area contributed by atoms with Gasteiger partial charge in [-0.15, -0.1) is 0 Å². The number of piperazine rings is 1. The summed E-state index contributed by atoms with van der Waals surface area (Å²) in [7, 11) is -3.98. The van der Waals surface area contributed by atoms with Crippen LogP contribution in [0.4, 0.5) is 5.69 Å². The van der Waals surface area contributed by atoms with Gasteiger partial charge < -0.3 is 9.80 Å². The van der Waals surface area contributed by atoms with E-state index in [2.05, 4.69) is 30.9 Å². The van der Waals surface area contributed by atoms with Crippen LogP contribution in [0.1, 0.15) is 21.5 Å². The molecular weight excluding hydrogens is 386 g/mol. The summed E-state index contributed by atoms with van der Waals surface area (Å²) in [5.41, 5.74) is 3.93. The average molecular weight is 408 g/mol. The molecule has 1 amide bonds. The van der Waals surface area contributed by atoms with Gasteiger partial charge in [0, 0.05) is 37.4 Å². The molecule has 1 aliphatic heterocycles. The van der Waals surface area contributed by atoms with E-state index in [1.165, 1.54) is 35.0 Å². The molecule has 144 valence electrons. The highest BCUT2D eigenvalue weighted by atomic mass is 35.5. The minimum absolute atomic E-state index is 0.00814. The van der Waals surface area contributed by atoms with Crippen molar-refractivity contribution < 1.29 is 13.2 Å². The number of hydrogen-bond donors (Lipinski definition) is 1. The van der Waals surface area contributed by atoms with Crippen molar-refractivity contribution in [1.29, 1.82) is 0 Å². The number of carbonyl (C=O) groups is 1. The molecule has 2 aromatic carbocycles. The molecule has 0 bridgehead atoms. The van der Waals surface area contributed by atoms with E-state index in [1.54, 1.807) is 4.90 Å². The molecule has 27 heavy (non-hydrogen) atoms. The van der Waals surface area contributed by atoms with Crippen molar-refractivity contribution in [3.63, 3.8) is 0 Å². The van der Waals surface area contributed by atoms with Crippen LogP contribution in [0.2, 0.25) is 5.02 Å². The summed E-state index contributed by atoms with van der Waals surface area (Å²) in [5.74, 6) is -0.225. The minimum atomic E-state index is -3.98. The monoisotopic (exact) mass is 407 g/mol. The lowest BCUT2D eigenvalue weighted by Crippen LogP contribution is -2.49. The number of sulfonamides is 1. The van der Waals surface area contributed by atoms with Crippen LogP contribution in [-0.2, 0) is 10.0 Å². The largest absolute Gasteiger partial charge is 0.368 e. The van der Waals surface area contributed by atoms with Crippen LogP contribution in [0.5, 0.6) is 0 Å². The van der Waals surface area contributed by atoms with E-state index in [0.29, 0.717) is 26.2 Å². The van der Waals surface area contributed by atoms with E-state index in [9.17, 15) is 13.2 Å². The van der Waals surface area contributed by atoms with E-state index in [-0.39, 0.29) is 21.4 Å². The molecule has 0 aromatic heterocycles. The van der Waals surface area contributed by atoms with Crippen molar-refractivity contribution >= 4 is 33.2 Å². The van der Waals surface area contributed by atoms with Gasteiger partial charge in [-0.05, 0) is 49.2 Å². The van der Waals surface area contributed by atoms with E-state index < -0.39 is 10.0 Å². The van der Waals surface area contributed by atoms with Crippen LogP contribution in [0.15, 0.2) is 41.3 Å². The first-order chi connectivity index (χ1) is 12.7. The Morgan fingerprint density at radius 1 is 1.07 bits per heavy atom. The molecule has 1 heterocycles. The number of rotatable bonds is 3. The molecule has 0 saturated carbocycles. The molecule has 6 nitrogen and oxygen atoms in total. The Morgan fingerprint density at radius 3 is 2.37 bits per heavy atom. The lowest BCUT2D eigenvalue weighted by Gasteiger charge is -2.37. The molecule has 0 radical (unpaired) electrons. The summed E-state index contributed by atoms with van der Waals surface area (Å²) < 4.78 is 23.3. The van der Waals surface area contributed by atoms with Crippen molar-refractivity contribution in [3.05, 3.63) is 58.1 Å². The molecule has 8 heteroatoms. The lowest BCUT2D eigenvalue weighted by atomic mass is 10.1. The predicted octanol–water partition coefficient (Wildman–Crippen LogP) is 2.57. The second kappa shape index (κ2) is 7.50. The van der Waals surface area contributed by atoms with Crippen LogP contribution in [0.3, 0.4) is 0 Å². The Hall–Kier alpha value is -2.09. The SMILES string of the molecule is Cc1cccc(N2CCN(C(=O)c3ccc(Cl)c(S(N)(=O)=O)c3)CC2)c1C. The molecule has 1 saturated heterocycles. The summed E-state index contributed by atoms with van der Waals surface area (Å²) in [5, 5.41) is 5.18. The number of amides is 1. The van der Waals surface area contributed by atoms with Crippen LogP contribution < -0.4 is 10.0 Å². The zero-order chi connectivity index (χ0) is 19.8. The van der Waals surface area contributed by atoms with Crippen LogP contribution in [-0.4, -0.2) is 45.4 Å². The Balaban J connectivity index is 1.75. The third-order valence-corrected chi connectivity index (χ3v) is 6.36. The number of halogens is 1. The standard InChI is InChI=1S/C19H22ClN3O3S/c1-13-4-3-5-17(14(13)2)22-8-10-23(11-9-22)19(24)15-6-7-16(20)18(12-15)27(21,25)26/h3-7,12H,8-11H2,1-2H3,(H2,21,25,26). The Kier molecular flexibility index (Phi) is 5.46. The Bertz CT molecular complexity index is 984. The Morgan fingerprint density at radius 2 is 1.74 bits per heavy atom. The first kappa shape index (κ1) is 19.7. The topological polar surface area (TPSA) is 83.7 Å². The lowest BCUT2D eigenvalue weighted by molar-refractivity contribution is 0.0746. The summed E-state index contributed by atoms with van der Waals surface area (Å²) >= 11 is 5.90. The molecule has 0 unspecified atom stereocenters.